The smallest absolute Gasteiger partial charge is 0.358 e. The summed E-state index contributed by atoms with van der Waals surface area (Å²) in [6, 6.07) is 7.84. The van der Waals surface area contributed by atoms with Gasteiger partial charge in [0.15, 0.2) is 5.69 Å². The van der Waals surface area contributed by atoms with E-state index >= 15 is 0 Å². The van der Waals surface area contributed by atoms with Gasteiger partial charge in [-0.2, -0.15) is 5.10 Å². The molecule has 0 fully saturated rings. The molecule has 21 heavy (non-hydrogen) atoms. The minimum Gasteiger partial charge on any atom is -0.461 e. The Hall–Kier alpha value is -2.17. The Labute approximate surface area is 123 Å². The summed E-state index contributed by atoms with van der Waals surface area (Å²) in [4.78, 5) is 11.8. The molecule has 4 nitrogen and oxygen atoms in total. The van der Waals surface area contributed by atoms with Crippen molar-refractivity contribution in [2.75, 3.05) is 6.61 Å². The number of aromatic nitrogens is 2. The maximum atomic E-state index is 13.1. The number of hydrogen-bond donors (Lipinski definition) is 0. The predicted molar refractivity (Wildman–Crippen MR) is 78.4 cm³/mol. The highest BCUT2D eigenvalue weighted by atomic mass is 19.1. The van der Waals surface area contributed by atoms with Crippen LogP contribution in [0.3, 0.4) is 0 Å². The summed E-state index contributed by atoms with van der Waals surface area (Å²) in [6.07, 6.45) is 0. The number of rotatable bonds is 5. The fraction of sp³-hybridized carbons (Fsp3) is 0.375. The number of benzene rings is 1. The average Bonchev–Trinajstić information content (AvgIpc) is 2.83. The highest BCUT2D eigenvalue weighted by Gasteiger charge is 2.17. The van der Waals surface area contributed by atoms with Crippen LogP contribution in [-0.4, -0.2) is 22.4 Å². The third kappa shape index (κ3) is 3.68. The van der Waals surface area contributed by atoms with Crippen molar-refractivity contribution in [3.8, 4) is 11.3 Å². The van der Waals surface area contributed by atoms with Gasteiger partial charge in [0.2, 0.25) is 0 Å². The lowest BCUT2D eigenvalue weighted by atomic mass is 10.1. The fourth-order valence-electron chi connectivity index (χ4n) is 2.06. The van der Waals surface area contributed by atoms with E-state index in [9.17, 15) is 9.18 Å². The molecule has 0 saturated heterocycles. The number of ether oxygens (including phenoxy) is 1. The van der Waals surface area contributed by atoms with E-state index in [1.165, 1.54) is 12.1 Å². The largest absolute Gasteiger partial charge is 0.461 e. The van der Waals surface area contributed by atoms with Gasteiger partial charge < -0.3 is 4.74 Å². The molecule has 1 heterocycles. The SMILES string of the molecule is CCOC(=O)c1cc(-c2ccc(F)cc2)n(CC(C)C)n1. The zero-order valence-electron chi connectivity index (χ0n) is 12.5. The molecule has 0 spiro atoms. The molecule has 5 heteroatoms. The normalized spacial score (nSPS) is 10.9. The van der Waals surface area contributed by atoms with E-state index in [0.29, 0.717) is 19.1 Å². The maximum absolute atomic E-state index is 13.1. The average molecular weight is 290 g/mol. The van der Waals surface area contributed by atoms with Crippen LogP contribution in [0.1, 0.15) is 31.3 Å². The second kappa shape index (κ2) is 6.52. The maximum Gasteiger partial charge on any atom is 0.358 e. The van der Waals surface area contributed by atoms with Crippen molar-refractivity contribution in [3.05, 3.63) is 41.8 Å². The molecule has 0 atom stereocenters. The summed E-state index contributed by atoms with van der Waals surface area (Å²) >= 11 is 0. The minimum atomic E-state index is -0.441. The number of hydrogen-bond acceptors (Lipinski definition) is 3. The Morgan fingerprint density at radius 3 is 2.57 bits per heavy atom. The molecule has 0 aliphatic heterocycles. The molecule has 0 saturated carbocycles. The molecule has 2 aromatic rings. The van der Waals surface area contributed by atoms with Crippen LogP contribution in [0.15, 0.2) is 30.3 Å². The number of nitrogens with zero attached hydrogens (tertiary/aromatic N) is 2. The van der Waals surface area contributed by atoms with Gasteiger partial charge in [0.05, 0.1) is 12.3 Å². The van der Waals surface area contributed by atoms with Gasteiger partial charge in [-0.25, -0.2) is 9.18 Å². The molecule has 0 aliphatic carbocycles. The van der Waals surface area contributed by atoms with Crippen molar-refractivity contribution in [3.63, 3.8) is 0 Å². The van der Waals surface area contributed by atoms with Crippen molar-refractivity contribution in [1.29, 1.82) is 0 Å². The summed E-state index contributed by atoms with van der Waals surface area (Å²) in [5.74, 6) is -0.359. The number of carbonyl (C=O) groups excluding carboxylic acids is 1. The lowest BCUT2D eigenvalue weighted by molar-refractivity contribution is 0.0518. The van der Waals surface area contributed by atoms with Crippen LogP contribution in [0, 0.1) is 11.7 Å². The second-order valence-corrected chi connectivity index (χ2v) is 5.22. The van der Waals surface area contributed by atoms with Gasteiger partial charge in [-0.05, 0) is 43.2 Å². The quantitative estimate of drug-likeness (QED) is 0.791. The van der Waals surface area contributed by atoms with Crippen LogP contribution >= 0.6 is 0 Å². The zero-order valence-corrected chi connectivity index (χ0v) is 12.5. The van der Waals surface area contributed by atoms with E-state index in [1.807, 2.05) is 0 Å². The molecular weight excluding hydrogens is 271 g/mol. The Bertz CT molecular complexity index is 618. The van der Waals surface area contributed by atoms with Crippen molar-refractivity contribution in [2.24, 2.45) is 5.92 Å². The molecule has 0 unspecified atom stereocenters. The van der Waals surface area contributed by atoms with Gasteiger partial charge >= 0.3 is 5.97 Å². The molecule has 112 valence electrons. The minimum absolute atomic E-state index is 0.275. The van der Waals surface area contributed by atoms with Crippen molar-refractivity contribution < 1.29 is 13.9 Å². The van der Waals surface area contributed by atoms with E-state index in [1.54, 1.807) is 29.8 Å². The summed E-state index contributed by atoms with van der Waals surface area (Å²) < 4.78 is 19.8. The van der Waals surface area contributed by atoms with Crippen molar-refractivity contribution in [2.45, 2.75) is 27.3 Å². The second-order valence-electron chi connectivity index (χ2n) is 5.22. The van der Waals surface area contributed by atoms with Crippen LogP contribution in [0.5, 0.6) is 0 Å². The summed E-state index contributed by atoms with van der Waals surface area (Å²) in [7, 11) is 0. The van der Waals surface area contributed by atoms with Gasteiger partial charge in [-0.15, -0.1) is 0 Å². The van der Waals surface area contributed by atoms with E-state index in [0.717, 1.165) is 11.3 Å². The van der Waals surface area contributed by atoms with E-state index in [-0.39, 0.29) is 11.5 Å². The molecule has 0 bridgehead atoms. The monoisotopic (exact) mass is 290 g/mol. The highest BCUT2D eigenvalue weighted by Crippen LogP contribution is 2.22. The van der Waals surface area contributed by atoms with Gasteiger partial charge in [0.25, 0.3) is 0 Å². The predicted octanol–water partition coefficient (Wildman–Crippen LogP) is 3.52. The first-order chi connectivity index (χ1) is 10.0. The topological polar surface area (TPSA) is 44.1 Å². The number of halogens is 1. The lowest BCUT2D eigenvalue weighted by Crippen LogP contribution is -2.10. The van der Waals surface area contributed by atoms with Gasteiger partial charge in [0, 0.05) is 12.1 Å². The van der Waals surface area contributed by atoms with Gasteiger partial charge in [-0.3, -0.25) is 4.68 Å². The van der Waals surface area contributed by atoms with Crippen LogP contribution in [-0.2, 0) is 11.3 Å². The first-order valence-electron chi connectivity index (χ1n) is 7.02. The first-order valence-corrected chi connectivity index (χ1v) is 7.02. The van der Waals surface area contributed by atoms with Crippen LogP contribution in [0.2, 0.25) is 0 Å². The Balaban J connectivity index is 2.41. The molecule has 1 aromatic heterocycles. The van der Waals surface area contributed by atoms with Crippen LogP contribution in [0.4, 0.5) is 4.39 Å². The molecule has 0 radical (unpaired) electrons. The third-order valence-electron chi connectivity index (χ3n) is 2.94. The van der Waals surface area contributed by atoms with Crippen LogP contribution in [0.25, 0.3) is 11.3 Å². The van der Waals surface area contributed by atoms with Gasteiger partial charge in [0.1, 0.15) is 5.82 Å². The first kappa shape index (κ1) is 15.2. The lowest BCUT2D eigenvalue weighted by Gasteiger charge is -2.09. The molecule has 0 N–H and O–H groups in total. The van der Waals surface area contributed by atoms with E-state index in [4.69, 9.17) is 4.74 Å². The standard InChI is InChI=1S/C16H19FN2O2/c1-4-21-16(20)14-9-15(19(18-14)10-11(2)3)12-5-7-13(17)8-6-12/h5-9,11H,4,10H2,1-3H3. The number of esters is 1. The summed E-state index contributed by atoms with van der Waals surface area (Å²) in [5.41, 5.74) is 1.88. The molecule has 0 aliphatic rings. The van der Waals surface area contributed by atoms with Gasteiger partial charge in [-0.1, -0.05) is 13.8 Å². The fourth-order valence-corrected chi connectivity index (χ4v) is 2.06. The van der Waals surface area contributed by atoms with Crippen LogP contribution < -0.4 is 0 Å². The Morgan fingerprint density at radius 1 is 1.33 bits per heavy atom. The Kier molecular flexibility index (Phi) is 4.73. The Morgan fingerprint density at radius 2 is 2.00 bits per heavy atom. The third-order valence-corrected chi connectivity index (χ3v) is 2.94. The molecule has 2 rings (SSSR count). The molecule has 1 aromatic carbocycles. The highest BCUT2D eigenvalue weighted by molar-refractivity contribution is 5.88. The van der Waals surface area contributed by atoms with Crippen molar-refractivity contribution in [1.82, 2.24) is 9.78 Å². The molecule has 0 amide bonds. The van der Waals surface area contributed by atoms with E-state index < -0.39 is 5.97 Å². The van der Waals surface area contributed by atoms with E-state index in [2.05, 4.69) is 18.9 Å². The molecular formula is C16H19FN2O2. The summed E-state index contributed by atoms with van der Waals surface area (Å²) in [6.45, 7) is 6.87. The summed E-state index contributed by atoms with van der Waals surface area (Å²) in [5, 5.41) is 4.32. The number of carbonyl (C=O) groups is 1. The van der Waals surface area contributed by atoms with Crippen molar-refractivity contribution >= 4 is 5.97 Å². The zero-order chi connectivity index (χ0) is 15.4.